The van der Waals surface area contributed by atoms with E-state index in [4.69, 9.17) is 0 Å². The Labute approximate surface area is 170 Å². The van der Waals surface area contributed by atoms with Crippen LogP contribution in [0.5, 0.6) is 0 Å². The maximum Gasteiger partial charge on any atom is 0.434 e. The third-order valence-corrected chi connectivity index (χ3v) is 4.05. The van der Waals surface area contributed by atoms with E-state index in [9.17, 15) is 35.9 Å². The molecular weight excluding hydrogens is 430 g/mol. The van der Waals surface area contributed by atoms with Crippen LogP contribution < -0.4 is 10.9 Å². The summed E-state index contributed by atoms with van der Waals surface area (Å²) in [5.74, 6) is -2.33. The average Bonchev–Trinajstić information content (AvgIpc) is 3.18. The van der Waals surface area contributed by atoms with Gasteiger partial charge in [-0.1, -0.05) is 18.2 Å². The molecule has 0 bridgehead atoms. The normalized spacial score (nSPS) is 11.8. The Kier molecular flexibility index (Phi) is 5.73. The van der Waals surface area contributed by atoms with Crippen molar-refractivity contribution in [1.29, 1.82) is 0 Å². The molecule has 0 fully saturated rings. The topological polar surface area (TPSA) is 76.0 Å². The third kappa shape index (κ3) is 4.85. The second-order valence-corrected chi connectivity index (χ2v) is 6.14. The Morgan fingerprint density at radius 3 is 1.90 bits per heavy atom. The highest BCUT2D eigenvalue weighted by molar-refractivity contribution is 5.99. The van der Waals surface area contributed by atoms with E-state index in [0.29, 0.717) is 23.0 Å². The number of nitrogens with zero attached hydrogens (tertiary/aromatic N) is 2. The van der Waals surface area contributed by atoms with Crippen molar-refractivity contribution in [2.45, 2.75) is 12.4 Å². The summed E-state index contributed by atoms with van der Waals surface area (Å²) >= 11 is 0. The van der Waals surface area contributed by atoms with Gasteiger partial charge in [-0.25, -0.2) is 4.68 Å². The van der Waals surface area contributed by atoms with Crippen molar-refractivity contribution >= 4 is 11.8 Å². The number of aromatic nitrogens is 2. The van der Waals surface area contributed by atoms with Crippen molar-refractivity contribution in [2.24, 2.45) is 0 Å². The van der Waals surface area contributed by atoms with E-state index >= 15 is 0 Å². The van der Waals surface area contributed by atoms with Gasteiger partial charge in [-0.05, 0) is 36.4 Å². The molecule has 0 aliphatic carbocycles. The summed E-state index contributed by atoms with van der Waals surface area (Å²) in [6.07, 6.45) is -8.86. The van der Waals surface area contributed by atoms with E-state index in [2.05, 4.69) is 5.10 Å². The van der Waals surface area contributed by atoms with Crippen molar-refractivity contribution < 1.29 is 35.9 Å². The minimum absolute atomic E-state index is 0.0580. The summed E-state index contributed by atoms with van der Waals surface area (Å²) in [5, 5.41) is 3.61. The van der Waals surface area contributed by atoms with Gasteiger partial charge in [-0.2, -0.15) is 31.4 Å². The zero-order chi connectivity index (χ0) is 22.8. The molecule has 0 saturated carbocycles. The number of carbonyl (C=O) groups excluding carboxylic acids is 2. The van der Waals surface area contributed by atoms with Crippen molar-refractivity contribution in [1.82, 2.24) is 20.6 Å². The first-order valence-electron chi connectivity index (χ1n) is 8.47. The predicted octanol–water partition coefficient (Wildman–Crippen LogP) is 3.98. The molecule has 0 aliphatic rings. The van der Waals surface area contributed by atoms with Crippen molar-refractivity contribution in [3.63, 3.8) is 0 Å². The highest BCUT2D eigenvalue weighted by Crippen LogP contribution is 2.33. The lowest BCUT2D eigenvalue weighted by atomic mass is 10.1. The summed E-state index contributed by atoms with van der Waals surface area (Å²) in [4.78, 5) is 24.3. The Hall–Kier alpha value is -3.83. The molecule has 1 heterocycles. The first-order chi connectivity index (χ1) is 14.5. The van der Waals surface area contributed by atoms with Gasteiger partial charge >= 0.3 is 12.4 Å². The fraction of sp³-hybridized carbons (Fsp3) is 0.105. The van der Waals surface area contributed by atoms with Gasteiger partial charge in [0.1, 0.15) is 0 Å². The van der Waals surface area contributed by atoms with Crippen LogP contribution in [0.3, 0.4) is 0 Å². The minimum atomic E-state index is -4.95. The Balaban J connectivity index is 1.78. The van der Waals surface area contributed by atoms with Crippen LogP contribution in [0, 0.1) is 0 Å². The number of benzene rings is 2. The van der Waals surface area contributed by atoms with Gasteiger partial charge in [-0.15, -0.1) is 0 Å². The first-order valence-corrected chi connectivity index (χ1v) is 8.47. The number of alkyl halides is 6. The van der Waals surface area contributed by atoms with E-state index in [-0.39, 0.29) is 11.3 Å². The summed E-state index contributed by atoms with van der Waals surface area (Å²) in [5.41, 5.74) is 0.268. The van der Waals surface area contributed by atoms with E-state index in [1.165, 1.54) is 24.3 Å². The molecule has 2 aromatic carbocycles. The molecule has 0 radical (unpaired) electrons. The molecule has 2 amide bonds. The van der Waals surface area contributed by atoms with Crippen LogP contribution in [-0.4, -0.2) is 21.6 Å². The number of halogens is 6. The number of hydrogen-bond acceptors (Lipinski definition) is 3. The molecule has 0 aliphatic heterocycles. The average molecular weight is 442 g/mol. The molecule has 12 heteroatoms. The quantitative estimate of drug-likeness (QED) is 0.476. The molecule has 162 valence electrons. The maximum atomic E-state index is 13.6. The molecule has 0 unspecified atom stereocenters. The second kappa shape index (κ2) is 8.13. The van der Waals surface area contributed by atoms with Gasteiger partial charge in [0.05, 0.1) is 23.0 Å². The lowest BCUT2D eigenvalue weighted by Crippen LogP contribution is -2.42. The minimum Gasteiger partial charge on any atom is -0.267 e. The summed E-state index contributed by atoms with van der Waals surface area (Å²) in [6.45, 7) is 0. The fourth-order valence-electron chi connectivity index (χ4n) is 2.62. The zero-order valence-corrected chi connectivity index (χ0v) is 15.3. The van der Waals surface area contributed by atoms with E-state index in [1.807, 2.05) is 5.43 Å². The van der Waals surface area contributed by atoms with Gasteiger partial charge in [0.25, 0.3) is 11.8 Å². The van der Waals surface area contributed by atoms with Gasteiger partial charge in [0, 0.05) is 5.56 Å². The predicted molar refractivity (Wildman–Crippen MR) is 94.9 cm³/mol. The standard InChI is InChI=1S/C19H12F6N4O2/c20-18(21,22)12-8-6-11(7-9-12)16(30)27-28-17(31)14-10-26-29(15(14)19(23,24)25)13-4-2-1-3-5-13/h1-10H,(H,27,30)(H,28,31). The first kappa shape index (κ1) is 21.9. The van der Waals surface area contributed by atoms with Crippen LogP contribution in [0.2, 0.25) is 0 Å². The number of hydrogen-bond donors (Lipinski definition) is 2. The molecule has 0 atom stereocenters. The lowest BCUT2D eigenvalue weighted by molar-refractivity contribution is -0.143. The summed E-state index contributed by atoms with van der Waals surface area (Å²) in [7, 11) is 0. The molecule has 3 aromatic rings. The largest absolute Gasteiger partial charge is 0.434 e. The van der Waals surface area contributed by atoms with Crippen LogP contribution in [0.25, 0.3) is 5.69 Å². The van der Waals surface area contributed by atoms with Gasteiger partial charge < -0.3 is 0 Å². The van der Waals surface area contributed by atoms with Crippen molar-refractivity contribution in [2.75, 3.05) is 0 Å². The van der Waals surface area contributed by atoms with E-state index in [0.717, 1.165) is 12.1 Å². The highest BCUT2D eigenvalue weighted by Gasteiger charge is 2.40. The molecule has 0 saturated heterocycles. The molecular formula is C19H12F6N4O2. The number of nitrogens with one attached hydrogen (secondary N) is 2. The van der Waals surface area contributed by atoms with Gasteiger partial charge in [-0.3, -0.25) is 20.4 Å². The molecule has 31 heavy (non-hydrogen) atoms. The zero-order valence-electron chi connectivity index (χ0n) is 15.3. The monoisotopic (exact) mass is 442 g/mol. The Morgan fingerprint density at radius 2 is 1.35 bits per heavy atom. The van der Waals surface area contributed by atoms with Crippen LogP contribution in [0.4, 0.5) is 26.3 Å². The van der Waals surface area contributed by atoms with Crippen LogP contribution in [-0.2, 0) is 12.4 Å². The number of amides is 2. The number of rotatable bonds is 3. The van der Waals surface area contributed by atoms with Crippen LogP contribution in [0.1, 0.15) is 32.0 Å². The summed E-state index contributed by atoms with van der Waals surface area (Å²) < 4.78 is 78.9. The number of hydrazine groups is 1. The summed E-state index contributed by atoms with van der Waals surface area (Å²) in [6, 6.07) is 10.3. The highest BCUT2D eigenvalue weighted by atomic mass is 19.4. The Morgan fingerprint density at radius 1 is 0.774 bits per heavy atom. The van der Waals surface area contributed by atoms with Crippen molar-refractivity contribution in [3.05, 3.63) is 83.2 Å². The van der Waals surface area contributed by atoms with E-state index < -0.39 is 41.0 Å². The van der Waals surface area contributed by atoms with E-state index in [1.54, 1.807) is 11.5 Å². The SMILES string of the molecule is O=C(NNC(=O)c1cnn(-c2ccccc2)c1C(F)(F)F)c1ccc(C(F)(F)F)cc1. The molecule has 2 N–H and O–H groups in total. The molecule has 0 spiro atoms. The second-order valence-electron chi connectivity index (χ2n) is 6.14. The third-order valence-electron chi connectivity index (χ3n) is 4.05. The van der Waals surface area contributed by atoms with Gasteiger partial charge in [0.2, 0.25) is 0 Å². The maximum absolute atomic E-state index is 13.6. The molecule has 6 nitrogen and oxygen atoms in total. The number of carbonyl (C=O) groups is 2. The fourth-order valence-corrected chi connectivity index (χ4v) is 2.62. The van der Waals surface area contributed by atoms with Gasteiger partial charge in [0.15, 0.2) is 5.69 Å². The van der Waals surface area contributed by atoms with Crippen LogP contribution in [0.15, 0.2) is 60.8 Å². The Bertz CT molecular complexity index is 1090. The molecule has 1 aromatic heterocycles. The lowest BCUT2D eigenvalue weighted by Gasteiger charge is -2.13. The van der Waals surface area contributed by atoms with Crippen molar-refractivity contribution in [3.8, 4) is 5.69 Å². The molecule has 3 rings (SSSR count). The number of para-hydroxylation sites is 1. The smallest absolute Gasteiger partial charge is 0.267 e. The van der Waals surface area contributed by atoms with Crippen LogP contribution >= 0.6 is 0 Å².